The van der Waals surface area contributed by atoms with E-state index in [-0.39, 0.29) is 16.3 Å². The SMILES string of the molecule is COC(=O)c1c(OC)c(Cl)cc2c1OCCN2OC. The number of halogens is 1. The zero-order valence-electron chi connectivity index (χ0n) is 10.9. The van der Waals surface area contributed by atoms with Gasteiger partial charge in [0.25, 0.3) is 0 Å². The molecule has 0 fully saturated rings. The van der Waals surface area contributed by atoms with E-state index < -0.39 is 5.97 Å². The molecule has 7 heteroatoms. The summed E-state index contributed by atoms with van der Waals surface area (Å²) in [7, 11) is 4.24. The molecule has 1 heterocycles. The van der Waals surface area contributed by atoms with Crippen molar-refractivity contribution in [2.75, 3.05) is 39.5 Å². The van der Waals surface area contributed by atoms with Crippen LogP contribution in [0.5, 0.6) is 11.5 Å². The highest BCUT2D eigenvalue weighted by atomic mass is 35.5. The Morgan fingerprint density at radius 2 is 2.16 bits per heavy atom. The third kappa shape index (κ3) is 2.29. The van der Waals surface area contributed by atoms with Crippen molar-refractivity contribution in [3.63, 3.8) is 0 Å². The second-order valence-corrected chi connectivity index (χ2v) is 4.15. The molecule has 0 bridgehead atoms. The van der Waals surface area contributed by atoms with Crippen LogP contribution in [0.4, 0.5) is 5.69 Å². The van der Waals surface area contributed by atoms with Crippen molar-refractivity contribution in [2.24, 2.45) is 0 Å². The maximum Gasteiger partial charge on any atom is 0.345 e. The van der Waals surface area contributed by atoms with Crippen molar-refractivity contribution in [3.05, 3.63) is 16.7 Å². The molecule has 19 heavy (non-hydrogen) atoms. The molecule has 0 aliphatic carbocycles. The number of rotatable bonds is 3. The number of benzene rings is 1. The van der Waals surface area contributed by atoms with Gasteiger partial charge in [-0.25, -0.2) is 9.86 Å². The van der Waals surface area contributed by atoms with Gasteiger partial charge in [0.15, 0.2) is 11.5 Å². The summed E-state index contributed by atoms with van der Waals surface area (Å²) < 4.78 is 15.5. The zero-order chi connectivity index (χ0) is 14.0. The summed E-state index contributed by atoms with van der Waals surface area (Å²) in [6, 6.07) is 1.63. The van der Waals surface area contributed by atoms with Crippen molar-refractivity contribution >= 4 is 23.3 Å². The summed E-state index contributed by atoms with van der Waals surface area (Å²) in [6.07, 6.45) is 0. The molecule has 0 saturated carbocycles. The molecule has 0 spiro atoms. The molecule has 0 saturated heterocycles. The molecular weight excluding hydrogens is 274 g/mol. The van der Waals surface area contributed by atoms with Crippen LogP contribution in [0.15, 0.2) is 6.07 Å². The maximum absolute atomic E-state index is 11.9. The fraction of sp³-hybridized carbons (Fsp3) is 0.417. The van der Waals surface area contributed by atoms with Gasteiger partial charge in [0, 0.05) is 0 Å². The van der Waals surface area contributed by atoms with Crippen molar-refractivity contribution in [1.82, 2.24) is 0 Å². The monoisotopic (exact) mass is 287 g/mol. The third-order valence-corrected chi connectivity index (χ3v) is 3.07. The predicted molar refractivity (Wildman–Crippen MR) is 69.2 cm³/mol. The van der Waals surface area contributed by atoms with Gasteiger partial charge in [0.05, 0.1) is 32.9 Å². The number of ether oxygens (including phenoxy) is 3. The van der Waals surface area contributed by atoms with Gasteiger partial charge in [-0.15, -0.1) is 0 Å². The first-order chi connectivity index (χ1) is 9.13. The Balaban J connectivity index is 2.67. The quantitative estimate of drug-likeness (QED) is 0.792. The van der Waals surface area contributed by atoms with Crippen LogP contribution in [-0.4, -0.2) is 40.5 Å². The van der Waals surface area contributed by atoms with Gasteiger partial charge in [0.2, 0.25) is 0 Å². The molecule has 1 aliphatic heterocycles. The first-order valence-electron chi connectivity index (χ1n) is 5.57. The molecule has 0 unspecified atom stereocenters. The van der Waals surface area contributed by atoms with Crippen molar-refractivity contribution < 1.29 is 23.8 Å². The number of fused-ring (bicyclic) bond motifs is 1. The Hall–Kier alpha value is -1.66. The highest BCUT2D eigenvalue weighted by molar-refractivity contribution is 6.33. The van der Waals surface area contributed by atoms with E-state index in [0.29, 0.717) is 24.6 Å². The van der Waals surface area contributed by atoms with Crippen molar-refractivity contribution in [1.29, 1.82) is 0 Å². The third-order valence-electron chi connectivity index (χ3n) is 2.79. The van der Waals surface area contributed by atoms with E-state index in [1.807, 2.05) is 0 Å². The van der Waals surface area contributed by atoms with E-state index in [9.17, 15) is 4.79 Å². The number of carbonyl (C=O) groups is 1. The Labute approximate surface area is 115 Å². The average molecular weight is 288 g/mol. The molecule has 0 atom stereocenters. The van der Waals surface area contributed by atoms with E-state index in [4.69, 9.17) is 30.6 Å². The highest BCUT2D eigenvalue weighted by Crippen LogP contribution is 2.44. The van der Waals surface area contributed by atoms with Crippen LogP contribution in [0.3, 0.4) is 0 Å². The predicted octanol–water partition coefficient (Wildman–Crippen LogP) is 1.90. The first kappa shape index (κ1) is 13.8. The highest BCUT2D eigenvalue weighted by Gasteiger charge is 2.30. The minimum atomic E-state index is -0.575. The molecule has 6 nitrogen and oxygen atoms in total. The lowest BCUT2D eigenvalue weighted by molar-refractivity contribution is 0.0589. The largest absolute Gasteiger partial charge is 0.494 e. The zero-order valence-corrected chi connectivity index (χ0v) is 11.6. The number of methoxy groups -OCH3 is 2. The summed E-state index contributed by atoms with van der Waals surface area (Å²) in [6.45, 7) is 0.919. The van der Waals surface area contributed by atoms with Gasteiger partial charge in [0.1, 0.15) is 17.9 Å². The molecule has 0 amide bonds. The summed E-state index contributed by atoms with van der Waals surface area (Å²) in [5, 5.41) is 1.88. The van der Waals surface area contributed by atoms with E-state index >= 15 is 0 Å². The molecular formula is C12H14ClNO5. The number of hydrogen-bond acceptors (Lipinski definition) is 6. The summed E-state index contributed by atoms with van der Waals surface area (Å²) in [5.74, 6) is -0.0000252. The van der Waals surface area contributed by atoms with Gasteiger partial charge in [-0.2, -0.15) is 0 Å². The van der Waals surface area contributed by atoms with Crippen molar-refractivity contribution in [3.8, 4) is 11.5 Å². The number of hydroxylamine groups is 1. The van der Waals surface area contributed by atoms with Gasteiger partial charge < -0.3 is 14.2 Å². The second-order valence-electron chi connectivity index (χ2n) is 3.74. The lowest BCUT2D eigenvalue weighted by atomic mass is 10.1. The smallest absolute Gasteiger partial charge is 0.345 e. The van der Waals surface area contributed by atoms with Crippen LogP contribution in [0.2, 0.25) is 5.02 Å². The molecule has 1 aromatic rings. The topological polar surface area (TPSA) is 57.2 Å². The minimum Gasteiger partial charge on any atom is -0.494 e. The Morgan fingerprint density at radius 3 is 2.74 bits per heavy atom. The summed E-state index contributed by atoms with van der Waals surface area (Å²) >= 11 is 6.12. The molecule has 1 aliphatic rings. The van der Waals surface area contributed by atoms with Crippen LogP contribution in [-0.2, 0) is 9.57 Å². The summed E-state index contributed by atoms with van der Waals surface area (Å²) in [5.41, 5.74) is 0.731. The van der Waals surface area contributed by atoms with Gasteiger partial charge in [-0.1, -0.05) is 11.6 Å². The molecule has 1 aromatic carbocycles. The molecule has 0 aromatic heterocycles. The van der Waals surface area contributed by atoms with Crippen molar-refractivity contribution in [2.45, 2.75) is 0 Å². The number of carbonyl (C=O) groups excluding carboxylic acids is 1. The first-order valence-corrected chi connectivity index (χ1v) is 5.95. The number of hydrogen-bond donors (Lipinski definition) is 0. The number of nitrogens with zero attached hydrogens (tertiary/aromatic N) is 1. The fourth-order valence-electron chi connectivity index (χ4n) is 1.96. The standard InChI is InChI=1S/C12H14ClNO5/c1-16-10-7(13)6-8-11(9(10)12(15)17-2)19-5-4-14(8)18-3/h6H,4-5H2,1-3H3. The van der Waals surface area contributed by atoms with Gasteiger partial charge in [-0.05, 0) is 6.07 Å². The Morgan fingerprint density at radius 1 is 1.42 bits per heavy atom. The van der Waals surface area contributed by atoms with Crippen LogP contribution >= 0.6 is 11.6 Å². The molecule has 0 N–H and O–H groups in total. The van der Waals surface area contributed by atoms with E-state index in [0.717, 1.165) is 0 Å². The normalized spacial score (nSPS) is 13.6. The maximum atomic E-state index is 11.9. The average Bonchev–Trinajstić information content (AvgIpc) is 2.44. The lowest BCUT2D eigenvalue weighted by Crippen LogP contribution is -2.32. The molecule has 0 radical (unpaired) electrons. The van der Waals surface area contributed by atoms with Crippen LogP contribution in [0.1, 0.15) is 10.4 Å². The van der Waals surface area contributed by atoms with Crippen LogP contribution in [0, 0.1) is 0 Å². The minimum absolute atomic E-state index is 0.161. The molecule has 104 valence electrons. The number of esters is 1. The molecule has 2 rings (SSSR count). The van der Waals surface area contributed by atoms with Crippen LogP contribution in [0.25, 0.3) is 0 Å². The Kier molecular flexibility index (Phi) is 4.01. The number of anilines is 1. The van der Waals surface area contributed by atoms with E-state index in [2.05, 4.69) is 0 Å². The van der Waals surface area contributed by atoms with Gasteiger partial charge in [-0.3, -0.25) is 4.84 Å². The second kappa shape index (κ2) is 5.54. The lowest BCUT2D eigenvalue weighted by Gasteiger charge is -2.30. The summed E-state index contributed by atoms with van der Waals surface area (Å²) in [4.78, 5) is 17.1. The van der Waals surface area contributed by atoms with E-state index in [1.165, 1.54) is 21.3 Å². The fourth-order valence-corrected chi connectivity index (χ4v) is 2.24. The van der Waals surface area contributed by atoms with Gasteiger partial charge >= 0.3 is 5.97 Å². The van der Waals surface area contributed by atoms with E-state index in [1.54, 1.807) is 11.1 Å². The Bertz CT molecular complexity index is 505. The van der Waals surface area contributed by atoms with Crippen LogP contribution < -0.4 is 14.5 Å².